The predicted octanol–water partition coefficient (Wildman–Crippen LogP) is 1.79. The largest absolute Gasteiger partial charge is 0.369 e. The molecule has 8 nitrogen and oxygen atoms in total. The van der Waals surface area contributed by atoms with Crippen LogP contribution >= 0.6 is 23.2 Å². The van der Waals surface area contributed by atoms with Gasteiger partial charge in [-0.15, -0.1) is 0 Å². The SMILES string of the molecule is NC(=O)Cc1cnn(Cc2nc(CCc3ccc(Cl)cc3)no2)c(=O)c1Cl. The second kappa shape index (κ2) is 8.32. The molecule has 0 saturated heterocycles. The van der Waals surface area contributed by atoms with Gasteiger partial charge in [-0.3, -0.25) is 9.59 Å². The molecule has 0 aliphatic carbocycles. The standard InChI is InChI=1S/C17H15Cl2N5O3/c18-12-4-1-10(2-5-12)3-6-14-22-15(27-23-14)9-24-17(26)16(19)11(8-21-24)7-13(20)25/h1-2,4-5,8H,3,6-7,9H2,(H2,20,25). The zero-order chi connectivity index (χ0) is 19.4. The van der Waals surface area contributed by atoms with Crippen LogP contribution in [0.1, 0.15) is 22.8 Å². The van der Waals surface area contributed by atoms with Gasteiger partial charge >= 0.3 is 0 Å². The van der Waals surface area contributed by atoms with Gasteiger partial charge in [-0.2, -0.15) is 10.1 Å². The third-order valence-corrected chi connectivity index (χ3v) is 4.42. The minimum atomic E-state index is -0.599. The summed E-state index contributed by atoms with van der Waals surface area (Å²) in [5, 5.41) is 8.45. The molecule has 1 aromatic carbocycles. The third-order valence-electron chi connectivity index (χ3n) is 3.77. The minimum absolute atomic E-state index is 0.0245. The lowest BCUT2D eigenvalue weighted by atomic mass is 10.1. The van der Waals surface area contributed by atoms with Crippen LogP contribution in [0.5, 0.6) is 0 Å². The molecule has 0 unspecified atom stereocenters. The summed E-state index contributed by atoms with van der Waals surface area (Å²) in [6.45, 7) is -0.0245. The Hall–Kier alpha value is -2.71. The van der Waals surface area contributed by atoms with Crippen LogP contribution in [0.15, 0.2) is 39.8 Å². The van der Waals surface area contributed by atoms with Crippen molar-refractivity contribution in [1.82, 2.24) is 19.9 Å². The van der Waals surface area contributed by atoms with Crippen molar-refractivity contribution < 1.29 is 9.32 Å². The number of primary amides is 1. The lowest BCUT2D eigenvalue weighted by molar-refractivity contribution is -0.117. The number of aromatic nitrogens is 4. The van der Waals surface area contributed by atoms with Crippen molar-refractivity contribution in [2.75, 3.05) is 0 Å². The molecule has 1 amide bonds. The van der Waals surface area contributed by atoms with Gasteiger partial charge < -0.3 is 10.3 Å². The van der Waals surface area contributed by atoms with Gasteiger partial charge in [0.1, 0.15) is 11.6 Å². The van der Waals surface area contributed by atoms with Gasteiger partial charge in [-0.05, 0) is 24.1 Å². The van der Waals surface area contributed by atoms with E-state index in [0.717, 1.165) is 16.7 Å². The quantitative estimate of drug-likeness (QED) is 0.637. The van der Waals surface area contributed by atoms with Crippen LogP contribution in [0.25, 0.3) is 0 Å². The molecule has 0 radical (unpaired) electrons. The molecule has 27 heavy (non-hydrogen) atoms. The number of carbonyl (C=O) groups excluding carboxylic acids is 1. The maximum atomic E-state index is 12.2. The van der Waals surface area contributed by atoms with Crippen molar-refractivity contribution in [2.24, 2.45) is 5.73 Å². The summed E-state index contributed by atoms with van der Waals surface area (Å²) in [6, 6.07) is 7.51. The van der Waals surface area contributed by atoms with Crippen molar-refractivity contribution in [3.63, 3.8) is 0 Å². The van der Waals surface area contributed by atoms with E-state index in [1.165, 1.54) is 6.20 Å². The number of rotatable bonds is 7. The number of amides is 1. The fourth-order valence-corrected chi connectivity index (χ4v) is 2.75. The fourth-order valence-electron chi connectivity index (χ4n) is 2.41. The summed E-state index contributed by atoms with van der Waals surface area (Å²) in [5.74, 6) is 0.150. The van der Waals surface area contributed by atoms with Gasteiger partial charge in [0.2, 0.25) is 11.8 Å². The number of aryl methyl sites for hydroxylation is 2. The van der Waals surface area contributed by atoms with E-state index in [9.17, 15) is 9.59 Å². The first-order valence-electron chi connectivity index (χ1n) is 8.01. The zero-order valence-electron chi connectivity index (χ0n) is 14.1. The maximum Gasteiger partial charge on any atom is 0.286 e. The zero-order valence-corrected chi connectivity index (χ0v) is 15.6. The van der Waals surface area contributed by atoms with Gasteiger partial charge in [0, 0.05) is 17.0 Å². The van der Waals surface area contributed by atoms with E-state index >= 15 is 0 Å². The fraction of sp³-hybridized carbons (Fsp3) is 0.235. The second-order valence-corrected chi connectivity index (χ2v) is 6.63. The van der Waals surface area contributed by atoms with Gasteiger partial charge in [0.15, 0.2) is 5.82 Å². The van der Waals surface area contributed by atoms with Crippen LogP contribution in [-0.2, 0) is 30.6 Å². The Kier molecular flexibility index (Phi) is 5.88. The monoisotopic (exact) mass is 407 g/mol. The van der Waals surface area contributed by atoms with Crippen molar-refractivity contribution in [2.45, 2.75) is 25.8 Å². The Morgan fingerprint density at radius 3 is 2.63 bits per heavy atom. The van der Waals surface area contributed by atoms with Gasteiger partial charge in [-0.25, -0.2) is 4.68 Å². The molecule has 0 saturated carbocycles. The van der Waals surface area contributed by atoms with E-state index in [1.54, 1.807) is 0 Å². The van der Waals surface area contributed by atoms with Crippen molar-refractivity contribution >= 4 is 29.1 Å². The van der Waals surface area contributed by atoms with Crippen LogP contribution in [0.2, 0.25) is 10.0 Å². The van der Waals surface area contributed by atoms with Crippen molar-refractivity contribution in [3.8, 4) is 0 Å². The Labute approximate surface area is 163 Å². The number of hydrogen-bond donors (Lipinski definition) is 1. The molecule has 2 heterocycles. The van der Waals surface area contributed by atoms with Gasteiger partial charge in [0.05, 0.1) is 12.6 Å². The van der Waals surface area contributed by atoms with Crippen LogP contribution in [0.4, 0.5) is 0 Å². The van der Waals surface area contributed by atoms with E-state index in [1.807, 2.05) is 24.3 Å². The Bertz CT molecular complexity index is 1010. The van der Waals surface area contributed by atoms with Crippen LogP contribution in [0.3, 0.4) is 0 Å². The highest BCUT2D eigenvalue weighted by atomic mass is 35.5. The molecule has 0 aliphatic heterocycles. The molecule has 2 N–H and O–H groups in total. The summed E-state index contributed by atoms with van der Waals surface area (Å²) in [5.41, 5.74) is 5.93. The number of benzene rings is 1. The Morgan fingerprint density at radius 1 is 1.19 bits per heavy atom. The maximum absolute atomic E-state index is 12.2. The lowest BCUT2D eigenvalue weighted by Crippen LogP contribution is -2.26. The normalized spacial score (nSPS) is 10.9. The smallest absolute Gasteiger partial charge is 0.286 e. The molecule has 0 aliphatic rings. The van der Waals surface area contributed by atoms with Crippen molar-refractivity contribution in [3.05, 3.63) is 73.7 Å². The first kappa shape index (κ1) is 19.1. The number of nitrogens with two attached hydrogens (primary N) is 1. The molecule has 140 valence electrons. The average Bonchev–Trinajstić information content (AvgIpc) is 3.08. The predicted molar refractivity (Wildman–Crippen MR) is 98.7 cm³/mol. The Balaban J connectivity index is 1.67. The summed E-state index contributed by atoms with van der Waals surface area (Å²) < 4.78 is 6.25. The molecule has 0 spiro atoms. The summed E-state index contributed by atoms with van der Waals surface area (Å²) in [6.07, 6.45) is 2.47. The van der Waals surface area contributed by atoms with Crippen LogP contribution < -0.4 is 11.3 Å². The number of hydrogen-bond acceptors (Lipinski definition) is 6. The molecule has 0 atom stereocenters. The molecule has 0 fully saturated rings. The number of nitrogens with zero attached hydrogens (tertiary/aromatic N) is 4. The van der Waals surface area contributed by atoms with E-state index in [0.29, 0.717) is 17.3 Å². The Morgan fingerprint density at radius 2 is 1.93 bits per heavy atom. The summed E-state index contributed by atoms with van der Waals surface area (Å²) >= 11 is 11.8. The van der Waals surface area contributed by atoms with E-state index in [-0.39, 0.29) is 29.4 Å². The summed E-state index contributed by atoms with van der Waals surface area (Å²) in [4.78, 5) is 27.5. The van der Waals surface area contributed by atoms with Crippen molar-refractivity contribution in [1.29, 1.82) is 0 Å². The van der Waals surface area contributed by atoms with Crippen LogP contribution in [0, 0.1) is 0 Å². The molecular formula is C17H15Cl2N5O3. The highest BCUT2D eigenvalue weighted by molar-refractivity contribution is 6.31. The summed E-state index contributed by atoms with van der Waals surface area (Å²) in [7, 11) is 0. The van der Waals surface area contributed by atoms with Crippen LogP contribution in [-0.4, -0.2) is 25.8 Å². The van der Waals surface area contributed by atoms with E-state index < -0.39 is 11.5 Å². The highest BCUT2D eigenvalue weighted by Crippen LogP contribution is 2.12. The number of carbonyl (C=O) groups is 1. The molecule has 0 bridgehead atoms. The lowest BCUT2D eigenvalue weighted by Gasteiger charge is -2.04. The number of halogens is 2. The third kappa shape index (κ3) is 4.93. The minimum Gasteiger partial charge on any atom is -0.369 e. The molecule has 3 aromatic rings. The van der Waals surface area contributed by atoms with Gasteiger partial charge in [-0.1, -0.05) is 40.5 Å². The van der Waals surface area contributed by atoms with E-state index in [2.05, 4.69) is 15.2 Å². The van der Waals surface area contributed by atoms with Gasteiger partial charge in [0.25, 0.3) is 5.56 Å². The molecule has 10 heteroatoms. The second-order valence-electron chi connectivity index (χ2n) is 5.82. The molecular weight excluding hydrogens is 393 g/mol. The topological polar surface area (TPSA) is 117 Å². The highest BCUT2D eigenvalue weighted by Gasteiger charge is 2.14. The first-order chi connectivity index (χ1) is 12.9. The average molecular weight is 408 g/mol. The first-order valence-corrected chi connectivity index (χ1v) is 8.76. The molecule has 3 rings (SSSR count). The molecule has 2 aromatic heterocycles. The van der Waals surface area contributed by atoms with E-state index in [4.69, 9.17) is 33.5 Å².